The second-order valence-corrected chi connectivity index (χ2v) is 6.31. The smallest absolute Gasteiger partial charge is 0.254 e. The quantitative estimate of drug-likeness (QED) is 0.768. The standard InChI is InChI=1S/C19H14F2N4O2/c20-14-6-11(8-22)7-15(21)13(14)9-25-4-3-12-16(10-25)23-18(24-19(12)26)17-2-1-5-27-17/h1-2,5-7H,3-4,9-10H2,(H,23,24,26). The van der Waals surface area contributed by atoms with E-state index in [0.29, 0.717) is 35.8 Å². The first-order chi connectivity index (χ1) is 13.0. The average molecular weight is 368 g/mol. The summed E-state index contributed by atoms with van der Waals surface area (Å²) in [6.07, 6.45) is 1.91. The van der Waals surface area contributed by atoms with Gasteiger partial charge in [0.15, 0.2) is 11.6 Å². The molecule has 0 unspecified atom stereocenters. The van der Waals surface area contributed by atoms with Gasteiger partial charge in [0.1, 0.15) is 11.6 Å². The van der Waals surface area contributed by atoms with Crippen LogP contribution in [0.2, 0.25) is 0 Å². The van der Waals surface area contributed by atoms with E-state index in [4.69, 9.17) is 9.68 Å². The number of hydrogen-bond donors (Lipinski definition) is 1. The van der Waals surface area contributed by atoms with Crippen molar-refractivity contribution in [1.82, 2.24) is 14.9 Å². The molecule has 2 aromatic heterocycles. The maximum Gasteiger partial charge on any atom is 0.254 e. The molecule has 0 spiro atoms. The molecule has 136 valence electrons. The molecule has 0 radical (unpaired) electrons. The molecule has 8 heteroatoms. The highest BCUT2D eigenvalue weighted by Gasteiger charge is 2.24. The fourth-order valence-electron chi connectivity index (χ4n) is 3.20. The summed E-state index contributed by atoms with van der Waals surface area (Å²) in [4.78, 5) is 21.3. The molecule has 0 amide bonds. The Balaban J connectivity index is 1.62. The Hall–Kier alpha value is -3.31. The summed E-state index contributed by atoms with van der Waals surface area (Å²) < 4.78 is 33.6. The van der Waals surface area contributed by atoms with Gasteiger partial charge in [0, 0.05) is 30.8 Å². The Morgan fingerprint density at radius 3 is 2.78 bits per heavy atom. The predicted octanol–water partition coefficient (Wildman–Crippen LogP) is 2.74. The zero-order valence-electron chi connectivity index (χ0n) is 14.1. The van der Waals surface area contributed by atoms with E-state index < -0.39 is 11.6 Å². The van der Waals surface area contributed by atoms with Crippen LogP contribution in [0.3, 0.4) is 0 Å². The largest absolute Gasteiger partial charge is 0.461 e. The molecule has 1 N–H and O–H groups in total. The van der Waals surface area contributed by atoms with Crippen molar-refractivity contribution >= 4 is 0 Å². The SMILES string of the molecule is N#Cc1cc(F)c(CN2CCc3c(nc(-c4ccco4)[nH]c3=O)C2)c(F)c1. The number of halogens is 2. The number of aromatic nitrogens is 2. The van der Waals surface area contributed by atoms with E-state index in [1.807, 2.05) is 4.90 Å². The minimum Gasteiger partial charge on any atom is -0.461 e. The maximum absolute atomic E-state index is 14.2. The average Bonchev–Trinajstić information content (AvgIpc) is 3.19. The second-order valence-electron chi connectivity index (χ2n) is 6.31. The van der Waals surface area contributed by atoms with Crippen molar-refractivity contribution in [3.8, 4) is 17.7 Å². The van der Waals surface area contributed by atoms with Crippen LogP contribution >= 0.6 is 0 Å². The van der Waals surface area contributed by atoms with Gasteiger partial charge in [-0.15, -0.1) is 0 Å². The molecule has 0 aliphatic carbocycles. The van der Waals surface area contributed by atoms with Crippen LogP contribution in [0.15, 0.2) is 39.7 Å². The molecule has 3 heterocycles. The van der Waals surface area contributed by atoms with Crippen LogP contribution in [-0.2, 0) is 19.5 Å². The molecule has 1 aromatic carbocycles. The molecule has 4 rings (SSSR count). The number of nitrogens with zero attached hydrogens (tertiary/aromatic N) is 3. The van der Waals surface area contributed by atoms with Gasteiger partial charge in [-0.1, -0.05) is 0 Å². The van der Waals surface area contributed by atoms with Crippen molar-refractivity contribution in [1.29, 1.82) is 5.26 Å². The number of aromatic amines is 1. The highest BCUT2D eigenvalue weighted by atomic mass is 19.1. The van der Waals surface area contributed by atoms with Crippen molar-refractivity contribution in [3.63, 3.8) is 0 Å². The van der Waals surface area contributed by atoms with E-state index in [0.717, 1.165) is 12.1 Å². The van der Waals surface area contributed by atoms with Crippen molar-refractivity contribution in [2.45, 2.75) is 19.5 Å². The lowest BCUT2D eigenvalue weighted by molar-refractivity contribution is 0.233. The van der Waals surface area contributed by atoms with E-state index in [1.165, 1.54) is 6.26 Å². The lowest BCUT2D eigenvalue weighted by atomic mass is 10.0. The van der Waals surface area contributed by atoms with Gasteiger partial charge in [0.2, 0.25) is 0 Å². The fourth-order valence-corrected chi connectivity index (χ4v) is 3.20. The zero-order chi connectivity index (χ0) is 19.0. The van der Waals surface area contributed by atoms with Crippen molar-refractivity contribution < 1.29 is 13.2 Å². The third-order valence-electron chi connectivity index (χ3n) is 4.56. The van der Waals surface area contributed by atoms with Gasteiger partial charge in [0.25, 0.3) is 5.56 Å². The molecular weight excluding hydrogens is 354 g/mol. The minimum absolute atomic E-state index is 0.0212. The third kappa shape index (κ3) is 3.25. The molecule has 3 aromatic rings. The van der Waals surface area contributed by atoms with Crippen molar-refractivity contribution in [2.24, 2.45) is 0 Å². The number of rotatable bonds is 3. The monoisotopic (exact) mass is 368 g/mol. The second kappa shape index (κ2) is 6.78. The fraction of sp³-hybridized carbons (Fsp3) is 0.211. The van der Waals surface area contributed by atoms with Crippen molar-refractivity contribution in [2.75, 3.05) is 6.54 Å². The number of nitrogens with one attached hydrogen (secondary N) is 1. The molecule has 0 bridgehead atoms. The summed E-state index contributed by atoms with van der Waals surface area (Å²) in [6.45, 7) is 0.774. The maximum atomic E-state index is 14.2. The van der Waals surface area contributed by atoms with Gasteiger partial charge in [-0.2, -0.15) is 5.26 Å². The predicted molar refractivity (Wildman–Crippen MR) is 91.5 cm³/mol. The van der Waals surface area contributed by atoms with Crippen LogP contribution in [0.1, 0.15) is 22.4 Å². The van der Waals surface area contributed by atoms with E-state index in [-0.39, 0.29) is 29.8 Å². The first-order valence-corrected chi connectivity index (χ1v) is 8.31. The van der Waals surface area contributed by atoms with E-state index in [2.05, 4.69) is 9.97 Å². The molecular formula is C19H14F2N4O2. The minimum atomic E-state index is -0.757. The first kappa shape index (κ1) is 17.1. The molecule has 6 nitrogen and oxygen atoms in total. The molecule has 1 aliphatic rings. The zero-order valence-corrected chi connectivity index (χ0v) is 14.1. The Morgan fingerprint density at radius 2 is 2.11 bits per heavy atom. The lowest BCUT2D eigenvalue weighted by Crippen LogP contribution is -2.35. The summed E-state index contributed by atoms with van der Waals surface area (Å²) in [5.74, 6) is -0.752. The van der Waals surface area contributed by atoms with Gasteiger partial charge in [-0.3, -0.25) is 9.69 Å². The summed E-state index contributed by atoms with van der Waals surface area (Å²) >= 11 is 0. The number of nitriles is 1. The van der Waals surface area contributed by atoms with Gasteiger partial charge >= 0.3 is 0 Å². The first-order valence-electron chi connectivity index (χ1n) is 8.31. The van der Waals surface area contributed by atoms with Gasteiger partial charge in [-0.05, 0) is 30.7 Å². The highest BCUT2D eigenvalue weighted by Crippen LogP contribution is 2.22. The molecule has 0 saturated heterocycles. The van der Waals surface area contributed by atoms with Gasteiger partial charge in [0.05, 0.1) is 23.6 Å². The Morgan fingerprint density at radius 1 is 1.33 bits per heavy atom. The molecule has 27 heavy (non-hydrogen) atoms. The summed E-state index contributed by atoms with van der Waals surface area (Å²) in [7, 11) is 0. The topological polar surface area (TPSA) is 85.9 Å². The molecule has 0 atom stereocenters. The van der Waals surface area contributed by atoms with Crippen molar-refractivity contribution in [3.05, 3.63) is 74.9 Å². The van der Waals surface area contributed by atoms with Gasteiger partial charge < -0.3 is 9.40 Å². The van der Waals surface area contributed by atoms with Crippen LogP contribution in [0.5, 0.6) is 0 Å². The normalized spacial score (nSPS) is 14.0. The summed E-state index contributed by atoms with van der Waals surface area (Å²) in [6, 6.07) is 7.15. The van der Waals surface area contributed by atoms with Crippen LogP contribution in [-0.4, -0.2) is 21.4 Å². The van der Waals surface area contributed by atoms with E-state index in [1.54, 1.807) is 18.2 Å². The molecule has 0 fully saturated rings. The van der Waals surface area contributed by atoms with Crippen LogP contribution in [0.4, 0.5) is 8.78 Å². The van der Waals surface area contributed by atoms with E-state index in [9.17, 15) is 13.6 Å². The number of H-pyrrole nitrogens is 1. The summed E-state index contributed by atoms with van der Waals surface area (Å²) in [5, 5.41) is 8.80. The van der Waals surface area contributed by atoms with Crippen LogP contribution in [0.25, 0.3) is 11.6 Å². The third-order valence-corrected chi connectivity index (χ3v) is 4.56. The van der Waals surface area contributed by atoms with Crippen LogP contribution in [0, 0.1) is 23.0 Å². The number of hydrogen-bond acceptors (Lipinski definition) is 5. The molecule has 0 saturated carbocycles. The Kier molecular flexibility index (Phi) is 4.30. The van der Waals surface area contributed by atoms with Crippen LogP contribution < -0.4 is 5.56 Å². The lowest BCUT2D eigenvalue weighted by Gasteiger charge is -2.27. The Bertz CT molecular complexity index is 1080. The molecule has 1 aliphatic heterocycles. The van der Waals surface area contributed by atoms with E-state index >= 15 is 0 Å². The number of benzene rings is 1. The van der Waals surface area contributed by atoms with Gasteiger partial charge in [-0.25, -0.2) is 13.8 Å². The highest BCUT2D eigenvalue weighted by molar-refractivity contribution is 5.47. The summed E-state index contributed by atoms with van der Waals surface area (Å²) in [5.41, 5.74) is 0.734. The Labute approximate surface area is 152 Å². The number of furan rings is 1. The number of fused-ring (bicyclic) bond motifs is 1.